The third kappa shape index (κ3) is 13.3. The van der Waals surface area contributed by atoms with Crippen LogP contribution in [0.3, 0.4) is 0 Å². The van der Waals surface area contributed by atoms with Crippen molar-refractivity contribution in [3.63, 3.8) is 0 Å². The van der Waals surface area contributed by atoms with Crippen LogP contribution in [-0.4, -0.2) is 94.9 Å². The fraction of sp³-hybridized carbons (Fsp3) is 0.522. The van der Waals surface area contributed by atoms with Gasteiger partial charge in [-0.15, -0.1) is 0 Å². The maximum atomic E-state index is 12.7. The average Bonchev–Trinajstić information content (AvgIpc) is 3.20. The fourth-order valence-corrected chi connectivity index (χ4v) is 8.06. The lowest BCUT2D eigenvalue weighted by atomic mass is 9.92. The Balaban J connectivity index is 0.000000228. The minimum absolute atomic E-state index is 0.250. The van der Waals surface area contributed by atoms with E-state index in [1.807, 2.05) is 65.8 Å². The quantitative estimate of drug-likeness (QED) is 0.0542. The van der Waals surface area contributed by atoms with Crippen molar-refractivity contribution in [1.29, 1.82) is 0 Å². The van der Waals surface area contributed by atoms with Gasteiger partial charge in [0.1, 0.15) is 0 Å². The number of nitrogens with zero attached hydrogens (tertiary/aromatic N) is 6. The van der Waals surface area contributed by atoms with Gasteiger partial charge in [0.15, 0.2) is 0 Å². The predicted octanol–water partition coefficient (Wildman–Crippen LogP) is 7.54. The zero-order valence-electron chi connectivity index (χ0n) is 37.2. The normalized spacial score (nSPS) is 15.2. The number of nitrogens with two attached hydrogens (primary N) is 2. The highest BCUT2D eigenvalue weighted by atomic mass is 16.2. The molecule has 60 heavy (non-hydrogen) atoms. The highest BCUT2D eigenvalue weighted by molar-refractivity contribution is 6.07. The van der Waals surface area contributed by atoms with E-state index in [4.69, 9.17) is 11.5 Å². The van der Waals surface area contributed by atoms with Crippen molar-refractivity contribution in [1.82, 2.24) is 29.7 Å². The number of nitrogen functional groups attached to an aromatic ring is 2. The highest BCUT2D eigenvalue weighted by Crippen LogP contribution is 2.27. The van der Waals surface area contributed by atoms with Crippen molar-refractivity contribution in [3.8, 4) is 0 Å². The lowest BCUT2D eigenvalue weighted by molar-refractivity contribution is 0.101. The Labute approximate surface area is 357 Å². The number of aryl methyl sites for hydroxylation is 6. The van der Waals surface area contributed by atoms with Gasteiger partial charge in [0.2, 0.25) is 11.9 Å². The molecule has 6 rings (SSSR count). The van der Waals surface area contributed by atoms with E-state index in [-0.39, 0.29) is 11.8 Å². The van der Waals surface area contributed by atoms with E-state index in [1.54, 1.807) is 12.4 Å². The number of likely N-dealkylation sites (tertiary alicyclic amines) is 2. The molecule has 0 bridgehead atoms. The monoisotopic (exact) mass is 821 g/mol. The summed E-state index contributed by atoms with van der Waals surface area (Å²) in [7, 11) is 4.39. The van der Waals surface area contributed by atoms with E-state index in [1.165, 1.54) is 64.7 Å². The molecule has 4 aromatic rings. The average molecular weight is 821 g/mol. The Kier molecular flexibility index (Phi) is 16.6. The number of hydrogen-bond donors (Lipinski definition) is 6. The molecule has 0 aliphatic carbocycles. The van der Waals surface area contributed by atoms with Gasteiger partial charge < -0.3 is 42.5 Å². The summed E-state index contributed by atoms with van der Waals surface area (Å²) in [6.07, 6.45) is 13.0. The van der Waals surface area contributed by atoms with Crippen LogP contribution >= 0.6 is 0 Å². The second-order valence-electron chi connectivity index (χ2n) is 17.0. The number of piperidine rings is 2. The van der Waals surface area contributed by atoms with Crippen LogP contribution in [0.25, 0.3) is 0 Å². The van der Waals surface area contributed by atoms with Gasteiger partial charge in [-0.05, 0) is 179 Å². The summed E-state index contributed by atoms with van der Waals surface area (Å²) < 4.78 is 0. The minimum Gasteiger partial charge on any atom is -0.397 e. The molecule has 2 aliphatic heterocycles. The molecule has 0 spiro atoms. The van der Waals surface area contributed by atoms with Gasteiger partial charge in [-0.2, -0.15) is 0 Å². The number of benzene rings is 2. The van der Waals surface area contributed by atoms with Gasteiger partial charge in [0.05, 0.1) is 45.3 Å². The first-order chi connectivity index (χ1) is 28.7. The summed E-state index contributed by atoms with van der Waals surface area (Å²) in [5.74, 6) is 2.29. The van der Waals surface area contributed by atoms with Crippen LogP contribution in [0, 0.1) is 53.4 Å². The second-order valence-corrected chi connectivity index (χ2v) is 17.0. The topological polar surface area (TPSA) is 192 Å². The molecule has 2 aliphatic rings. The minimum atomic E-state index is -0.252. The van der Waals surface area contributed by atoms with Crippen LogP contribution in [0.2, 0.25) is 0 Å². The van der Waals surface area contributed by atoms with Crippen LogP contribution < -0.4 is 32.7 Å². The zero-order chi connectivity index (χ0) is 43.3. The lowest BCUT2D eigenvalue weighted by Gasteiger charge is -2.28. The van der Waals surface area contributed by atoms with Gasteiger partial charge in [-0.1, -0.05) is 12.1 Å². The number of rotatable bonds is 14. The number of carbonyl (C=O) groups excluding carboxylic acids is 2. The summed E-state index contributed by atoms with van der Waals surface area (Å²) in [5, 5.41) is 12.4. The number of anilines is 6. The summed E-state index contributed by atoms with van der Waals surface area (Å²) in [4.78, 5) is 47.8. The molecule has 14 heteroatoms. The van der Waals surface area contributed by atoms with E-state index >= 15 is 0 Å². The Morgan fingerprint density at radius 2 is 1.10 bits per heavy atom. The second kappa shape index (κ2) is 21.8. The van der Waals surface area contributed by atoms with E-state index in [0.717, 1.165) is 60.0 Å². The molecule has 0 unspecified atom stereocenters. The van der Waals surface area contributed by atoms with E-state index in [2.05, 4.69) is 65.1 Å². The molecule has 2 aromatic carbocycles. The first-order valence-electron chi connectivity index (χ1n) is 21.5. The molecule has 0 saturated carbocycles. The molecule has 0 atom stereocenters. The van der Waals surface area contributed by atoms with E-state index in [0.29, 0.717) is 57.2 Å². The molecule has 4 heterocycles. The molecular weight excluding hydrogens is 753 g/mol. The first kappa shape index (κ1) is 45.7. The van der Waals surface area contributed by atoms with Gasteiger partial charge in [-0.3, -0.25) is 9.59 Å². The van der Waals surface area contributed by atoms with Gasteiger partial charge >= 0.3 is 0 Å². The van der Waals surface area contributed by atoms with Crippen LogP contribution in [0.5, 0.6) is 0 Å². The number of aromatic nitrogens is 4. The molecule has 324 valence electrons. The number of hydrogen-bond acceptors (Lipinski definition) is 12. The van der Waals surface area contributed by atoms with Crippen molar-refractivity contribution in [2.45, 2.75) is 92.9 Å². The molecule has 2 fully saturated rings. The molecule has 8 N–H and O–H groups in total. The summed E-state index contributed by atoms with van der Waals surface area (Å²) >= 11 is 0. The molecule has 2 amide bonds. The maximum Gasteiger partial charge on any atom is 0.259 e. The molecule has 14 nitrogen and oxygen atoms in total. The highest BCUT2D eigenvalue weighted by Gasteiger charge is 2.19. The molecule has 0 radical (unpaired) electrons. The largest absolute Gasteiger partial charge is 0.397 e. The van der Waals surface area contributed by atoms with Gasteiger partial charge in [0, 0.05) is 25.5 Å². The smallest absolute Gasteiger partial charge is 0.259 e. The lowest BCUT2D eigenvalue weighted by Crippen LogP contribution is -2.30. The van der Waals surface area contributed by atoms with Crippen LogP contribution in [0.15, 0.2) is 36.7 Å². The zero-order valence-corrected chi connectivity index (χ0v) is 37.2. The van der Waals surface area contributed by atoms with Crippen LogP contribution in [-0.2, 0) is 0 Å². The first-order valence-corrected chi connectivity index (χ1v) is 21.5. The third-order valence-corrected chi connectivity index (χ3v) is 11.8. The van der Waals surface area contributed by atoms with E-state index < -0.39 is 0 Å². The van der Waals surface area contributed by atoms with Crippen molar-refractivity contribution in [3.05, 3.63) is 81.4 Å². The standard InChI is InChI=1S/2C23H34N6O/c1-15-12-16(2)21(24)20(13-15)28-22(30)19-14-26-23(27-17(19)3)25-9-5-6-18-7-10-29(4)11-8-18;1-15-12-16(2)21(20(24)13-15)28-22(30)19-14-26-23(27-17(19)3)25-9-5-6-18-7-10-29(4)11-8-18/h2*12-14,18H,5-11,24H2,1-4H3,(H,28,30)(H,25,26,27). The Morgan fingerprint density at radius 3 is 1.57 bits per heavy atom. The molecule has 2 aromatic heterocycles. The number of amides is 2. The SMILES string of the molecule is Cc1cc(C)c(N)c(NC(=O)c2cnc(NCCCC3CCN(C)CC3)nc2C)c1.Cc1cc(C)c(NC(=O)c2cnc(NCCCC3CCN(C)CC3)nc2C)c(N)c1. The van der Waals surface area contributed by atoms with Crippen molar-refractivity contribution in [2.24, 2.45) is 11.8 Å². The molecule has 2 saturated heterocycles. The molecular formula is C46H68N12O2. The Morgan fingerprint density at radius 1 is 0.650 bits per heavy atom. The summed E-state index contributed by atoms with van der Waals surface area (Å²) in [6, 6.07) is 7.71. The van der Waals surface area contributed by atoms with Crippen molar-refractivity contribution >= 4 is 46.5 Å². The number of nitrogens with one attached hydrogen (secondary N) is 4. The van der Waals surface area contributed by atoms with Crippen molar-refractivity contribution < 1.29 is 9.59 Å². The predicted molar refractivity (Wildman–Crippen MR) is 246 cm³/mol. The van der Waals surface area contributed by atoms with Crippen LogP contribution in [0.1, 0.15) is 106 Å². The van der Waals surface area contributed by atoms with Crippen molar-refractivity contribution in [2.75, 3.05) is 86.1 Å². The van der Waals surface area contributed by atoms with Gasteiger partial charge in [0.25, 0.3) is 11.8 Å². The van der Waals surface area contributed by atoms with E-state index in [9.17, 15) is 9.59 Å². The van der Waals surface area contributed by atoms with Gasteiger partial charge in [-0.25, -0.2) is 19.9 Å². The third-order valence-electron chi connectivity index (χ3n) is 11.8. The number of carbonyl (C=O) groups is 2. The fourth-order valence-electron chi connectivity index (χ4n) is 8.06. The summed E-state index contributed by atoms with van der Waals surface area (Å²) in [5.41, 5.74) is 20.8. The Bertz CT molecular complexity index is 2050. The van der Waals surface area contributed by atoms with Crippen LogP contribution in [0.4, 0.5) is 34.6 Å². The summed E-state index contributed by atoms with van der Waals surface area (Å²) in [6.45, 7) is 18.0. The Hall–Kier alpha value is -5.34. The maximum absolute atomic E-state index is 12.7.